The van der Waals surface area contributed by atoms with Crippen LogP contribution in [0.25, 0.3) is 0 Å². The molecule has 0 unspecified atom stereocenters. The zero-order chi connectivity index (χ0) is 15.6. The summed E-state index contributed by atoms with van der Waals surface area (Å²) in [5, 5.41) is 31.3. The van der Waals surface area contributed by atoms with Crippen LogP contribution in [0, 0.1) is 25.6 Å². The zero-order valence-corrected chi connectivity index (χ0v) is 9.64. The molecule has 1 rings (SSSR count). The maximum absolute atomic E-state index is 10.2. The minimum absolute atomic E-state index is 0.274. The minimum atomic E-state index is -5.17. The quantitative estimate of drug-likeness (QED) is 0.219. The third-order valence-corrected chi connectivity index (χ3v) is 1.25. The normalized spacial score (nSPS) is 9.05. The number of nitrogens with one attached hydrogen (secondary N) is 1. The second kappa shape index (κ2) is 8.41. The van der Waals surface area contributed by atoms with Crippen LogP contribution in [0.4, 0.5) is 11.4 Å². The average molecular weight is 293 g/mol. The predicted molar refractivity (Wildman–Crippen MR) is 52.9 cm³/mol. The molecule has 0 aromatic heterocycles. The summed E-state index contributed by atoms with van der Waals surface area (Å²) in [5.41, 5.74) is -0.548. The van der Waals surface area contributed by atoms with Gasteiger partial charge in [0.05, 0.1) is 21.3 Å². The van der Waals surface area contributed by atoms with E-state index in [1.54, 1.807) is 0 Å². The van der Waals surface area contributed by atoms with Gasteiger partial charge in [-0.2, -0.15) is 0 Å². The van der Waals surface area contributed by atoms with Gasteiger partial charge in [-0.05, 0) is 6.07 Å². The first kappa shape index (κ1) is 18.7. The van der Waals surface area contributed by atoms with Crippen LogP contribution in [0.2, 0.25) is 0 Å². The Morgan fingerprint density at radius 3 is 1.47 bits per heavy atom. The van der Waals surface area contributed by atoms with Crippen molar-refractivity contribution in [2.75, 3.05) is 0 Å². The fraction of sp³-hybridized carbons (Fsp3) is 0. The summed E-state index contributed by atoms with van der Waals surface area (Å²) in [6.45, 7) is 0. The second-order valence-electron chi connectivity index (χ2n) is 2.44. The Morgan fingerprint density at radius 2 is 1.26 bits per heavy atom. The van der Waals surface area contributed by atoms with Crippen molar-refractivity contribution in [3.8, 4) is 0 Å². The molecule has 0 aliphatic heterocycles. The highest BCUT2D eigenvalue weighted by Gasteiger charge is 2.11. The Kier molecular flexibility index (Phi) is 8.26. The molecule has 0 atom stereocenters. The molecule has 19 heavy (non-hydrogen) atoms. The standard InChI is InChI=1S/C6H4N2O4.N2.H2O4S/c9-7(10)5-2-1-3-6(4-5)8(11)12;1-2;1-5(2,3)4/h1-4H;;(H2,1,2,3,4)/p-1. The number of hydrogen-bond donors (Lipinski definition) is 1. The summed E-state index contributed by atoms with van der Waals surface area (Å²) < 4.78 is 34.1. The number of rotatable bonds is 2. The van der Waals surface area contributed by atoms with Gasteiger partial charge in [0.1, 0.15) is 0 Å². The summed E-state index contributed by atoms with van der Waals surface area (Å²) in [7, 11) is -5.17. The lowest BCUT2D eigenvalue weighted by Crippen LogP contribution is -2.11. The zero-order valence-electron chi connectivity index (χ0n) is 8.83. The third-order valence-electron chi connectivity index (χ3n) is 1.25. The maximum Gasteiger partial charge on any atom is 0.276 e. The Balaban J connectivity index is 0. The fourth-order valence-corrected chi connectivity index (χ4v) is 0.720. The van der Waals surface area contributed by atoms with Gasteiger partial charge in [0.25, 0.3) is 11.4 Å². The molecular weight excluding hydrogens is 288 g/mol. The van der Waals surface area contributed by atoms with Crippen LogP contribution in [-0.4, -0.2) is 27.4 Å². The number of non-ortho nitro benzene ring substituents is 2. The van der Waals surface area contributed by atoms with Crippen molar-refractivity contribution in [1.82, 2.24) is 0 Å². The summed E-state index contributed by atoms with van der Waals surface area (Å²) in [5.74, 6) is 0. The maximum atomic E-state index is 10.2. The van der Waals surface area contributed by atoms with Gasteiger partial charge in [0.15, 0.2) is 0 Å². The average Bonchev–Trinajstić information content (AvgIpc) is 2.29. The molecule has 0 spiro atoms. The molecule has 1 aromatic carbocycles. The number of diazo groups is 1. The highest BCUT2D eigenvalue weighted by molar-refractivity contribution is 7.79. The van der Waals surface area contributed by atoms with Crippen LogP contribution in [0.3, 0.4) is 0 Å². The van der Waals surface area contributed by atoms with E-state index in [2.05, 4.69) is 0 Å². The number of nitro groups is 2. The van der Waals surface area contributed by atoms with Gasteiger partial charge in [0, 0.05) is 22.5 Å². The monoisotopic (exact) mass is 293 g/mol. The molecule has 0 heterocycles. The summed E-state index contributed by atoms with van der Waals surface area (Å²) >= 11 is 0. The van der Waals surface area contributed by atoms with Crippen LogP contribution < -0.4 is 5.39 Å². The van der Waals surface area contributed by atoms with Crippen molar-refractivity contribution in [1.29, 1.82) is 5.39 Å². The fourth-order valence-electron chi connectivity index (χ4n) is 0.720. The first-order chi connectivity index (χ1) is 8.61. The van der Waals surface area contributed by atoms with Crippen molar-refractivity contribution in [2.24, 2.45) is 0 Å². The van der Waals surface area contributed by atoms with Gasteiger partial charge in [-0.1, -0.05) is 0 Å². The molecule has 0 saturated carbocycles. The molecule has 1 N–H and O–H groups in total. The molecule has 12 nitrogen and oxygen atoms in total. The molecule has 0 radical (unpaired) electrons. The molecule has 0 fully saturated rings. The van der Waals surface area contributed by atoms with E-state index >= 15 is 0 Å². The topological polar surface area (TPSA) is 214 Å². The van der Waals surface area contributed by atoms with Crippen LogP contribution in [-0.2, 0) is 10.4 Å². The molecule has 104 valence electrons. The van der Waals surface area contributed by atoms with E-state index in [1.165, 1.54) is 18.2 Å². The number of nitro benzene ring substituents is 2. The predicted octanol–water partition coefficient (Wildman–Crippen LogP) is -1.56. The molecule has 13 heteroatoms. The summed E-state index contributed by atoms with van der Waals surface area (Å²) in [6.07, 6.45) is 0. The Bertz CT molecular complexity index is 530. The van der Waals surface area contributed by atoms with Crippen LogP contribution in [0.15, 0.2) is 24.3 Å². The highest BCUT2D eigenvalue weighted by Crippen LogP contribution is 2.18. The van der Waals surface area contributed by atoms with Crippen molar-refractivity contribution < 1.29 is 32.8 Å². The Hall–Kier alpha value is -2.69. The van der Waals surface area contributed by atoms with E-state index < -0.39 is 20.2 Å². The van der Waals surface area contributed by atoms with Crippen molar-refractivity contribution in [3.05, 3.63) is 44.5 Å². The Labute approximate surface area is 105 Å². The van der Waals surface area contributed by atoms with Gasteiger partial charge in [-0.15, -0.1) is 0 Å². The highest BCUT2D eigenvalue weighted by atomic mass is 32.3. The molecule has 1 aromatic rings. The van der Waals surface area contributed by atoms with E-state index in [0.29, 0.717) is 0 Å². The number of hydrogen-bond acceptors (Lipinski definition) is 9. The van der Waals surface area contributed by atoms with Crippen LogP contribution in [0.5, 0.6) is 0 Å². The lowest BCUT2D eigenvalue weighted by Gasteiger charge is -2.06. The van der Waals surface area contributed by atoms with E-state index in [4.69, 9.17) is 28.3 Å². The second-order valence-corrected chi connectivity index (χ2v) is 3.26. The Morgan fingerprint density at radius 1 is 1.00 bits per heavy atom. The smallest absolute Gasteiger partial charge is 0.276 e. The summed E-state index contributed by atoms with van der Waals surface area (Å²) in [6, 6.07) is 4.59. The molecule has 0 bridgehead atoms. The van der Waals surface area contributed by atoms with Gasteiger partial charge in [-0.25, -0.2) is 0 Å². The van der Waals surface area contributed by atoms with Gasteiger partial charge < -0.3 is 9.11 Å². The van der Waals surface area contributed by atoms with Crippen LogP contribution >= 0.6 is 0 Å². The first-order valence-corrected chi connectivity index (χ1v) is 5.22. The lowest BCUT2D eigenvalue weighted by molar-refractivity contribution is -0.394. The third kappa shape index (κ3) is 11.6. The van der Waals surface area contributed by atoms with Crippen molar-refractivity contribution in [3.63, 3.8) is 0 Å². The summed E-state index contributed by atoms with van der Waals surface area (Å²) in [4.78, 5) is 19.0. The molecule has 0 amide bonds. The SMILES string of the molecule is N#[NH+].O=S(=O)([O-])[O-].O=[N+]([O-])c1cccc([N+](=O)[O-])c1. The number of nitrogens with zero attached hydrogens (tertiary/aromatic N) is 3. The first-order valence-electron chi connectivity index (χ1n) is 3.89. The van der Waals surface area contributed by atoms with E-state index in [9.17, 15) is 20.2 Å². The van der Waals surface area contributed by atoms with Gasteiger partial charge >= 0.3 is 0 Å². The lowest BCUT2D eigenvalue weighted by atomic mass is 10.3. The van der Waals surface area contributed by atoms with E-state index in [0.717, 1.165) is 6.07 Å². The molecule has 0 saturated heterocycles. The minimum Gasteiger partial charge on any atom is -0.759 e. The largest absolute Gasteiger partial charge is 0.759 e. The van der Waals surface area contributed by atoms with Gasteiger partial charge in [-0.3, -0.25) is 28.6 Å². The van der Waals surface area contributed by atoms with Gasteiger partial charge in [0.2, 0.25) is 5.39 Å². The molecule has 0 aliphatic carbocycles. The van der Waals surface area contributed by atoms with Crippen LogP contribution in [0.1, 0.15) is 0 Å². The van der Waals surface area contributed by atoms with Crippen molar-refractivity contribution >= 4 is 21.8 Å². The molecular formula is C6H5N4O8S-. The molecule has 0 aliphatic rings. The van der Waals surface area contributed by atoms with E-state index in [1.807, 2.05) is 0 Å². The van der Waals surface area contributed by atoms with Crippen molar-refractivity contribution in [2.45, 2.75) is 0 Å². The van der Waals surface area contributed by atoms with E-state index in [-0.39, 0.29) is 11.4 Å². The number of benzene rings is 1.